The van der Waals surface area contributed by atoms with E-state index in [-0.39, 0.29) is 5.54 Å². The van der Waals surface area contributed by atoms with Gasteiger partial charge in [0.15, 0.2) is 0 Å². The summed E-state index contributed by atoms with van der Waals surface area (Å²) in [5, 5.41) is 6.23. The molecule has 0 aliphatic rings. The van der Waals surface area contributed by atoms with Crippen LogP contribution in [0.1, 0.15) is 6.42 Å². The molecular formula is C8H16BN2. The van der Waals surface area contributed by atoms with Crippen LogP contribution in [0, 0.1) is 0 Å². The quantitative estimate of drug-likeness (QED) is 0.402. The molecule has 1 radical (unpaired) electrons. The monoisotopic (exact) mass is 151 g/mol. The molecule has 2 nitrogen and oxygen atoms in total. The molecule has 0 rings (SSSR count). The van der Waals surface area contributed by atoms with Crippen LogP contribution in [0.5, 0.6) is 0 Å². The molecule has 61 valence electrons. The number of hydrogen-bond acceptors (Lipinski definition) is 2. The SMILES string of the molecule is [B]=CC(CC=C)(CNC)NC. The summed E-state index contributed by atoms with van der Waals surface area (Å²) in [6, 6.07) is 0. The van der Waals surface area contributed by atoms with Crippen LogP contribution >= 0.6 is 0 Å². The van der Waals surface area contributed by atoms with Crippen molar-refractivity contribution in [2.45, 2.75) is 12.0 Å². The van der Waals surface area contributed by atoms with E-state index in [4.69, 9.17) is 7.49 Å². The first-order chi connectivity index (χ1) is 5.24. The van der Waals surface area contributed by atoms with E-state index < -0.39 is 0 Å². The minimum atomic E-state index is -0.142. The van der Waals surface area contributed by atoms with E-state index in [0.29, 0.717) is 0 Å². The zero-order chi connectivity index (χ0) is 8.74. The van der Waals surface area contributed by atoms with Crippen molar-refractivity contribution in [3.63, 3.8) is 0 Å². The first kappa shape index (κ1) is 10.6. The zero-order valence-electron chi connectivity index (χ0n) is 7.35. The van der Waals surface area contributed by atoms with Gasteiger partial charge >= 0.3 is 69.3 Å². The molecule has 0 bridgehead atoms. The molecule has 2 N–H and O–H groups in total. The van der Waals surface area contributed by atoms with Gasteiger partial charge in [-0.3, -0.25) is 0 Å². The van der Waals surface area contributed by atoms with Crippen molar-refractivity contribution in [1.29, 1.82) is 0 Å². The fourth-order valence-electron chi connectivity index (χ4n) is 1.05. The van der Waals surface area contributed by atoms with Gasteiger partial charge < -0.3 is 0 Å². The molecule has 3 heteroatoms. The first-order valence-electron chi connectivity index (χ1n) is 3.75. The van der Waals surface area contributed by atoms with Crippen LogP contribution in [0.2, 0.25) is 0 Å². The predicted octanol–water partition coefficient (Wildman–Crippen LogP) is -0.289. The third kappa shape index (κ3) is 2.99. The molecule has 0 fully saturated rings. The Morgan fingerprint density at radius 3 is 2.45 bits per heavy atom. The number of hydrogen-bond donors (Lipinski definition) is 2. The molecule has 0 aliphatic heterocycles. The first-order valence-corrected chi connectivity index (χ1v) is 3.75. The Bertz CT molecular complexity index is 136. The van der Waals surface area contributed by atoms with Crippen molar-refractivity contribution >= 4 is 13.5 Å². The van der Waals surface area contributed by atoms with Gasteiger partial charge in [0.1, 0.15) is 0 Å². The topological polar surface area (TPSA) is 24.1 Å². The van der Waals surface area contributed by atoms with E-state index in [9.17, 15) is 0 Å². The van der Waals surface area contributed by atoms with Gasteiger partial charge in [0.2, 0.25) is 0 Å². The Morgan fingerprint density at radius 2 is 2.18 bits per heavy atom. The summed E-state index contributed by atoms with van der Waals surface area (Å²) in [6.45, 7) is 4.49. The Morgan fingerprint density at radius 1 is 1.55 bits per heavy atom. The normalized spacial score (nSPS) is 15.4. The summed E-state index contributed by atoms with van der Waals surface area (Å²) in [6.07, 6.45) is 2.69. The molecule has 0 amide bonds. The number of nitrogens with one attached hydrogen (secondary N) is 2. The van der Waals surface area contributed by atoms with Gasteiger partial charge in [-0.25, -0.2) is 0 Å². The molecule has 0 aromatic heterocycles. The van der Waals surface area contributed by atoms with Crippen LogP contribution in [-0.4, -0.2) is 39.6 Å². The maximum absolute atomic E-state index is 5.52. The van der Waals surface area contributed by atoms with Crippen molar-refractivity contribution in [3.8, 4) is 0 Å². The van der Waals surface area contributed by atoms with E-state index >= 15 is 0 Å². The molecule has 0 aliphatic carbocycles. The molecule has 11 heavy (non-hydrogen) atoms. The molecule has 0 saturated heterocycles. The van der Waals surface area contributed by atoms with Crippen LogP contribution in [0.4, 0.5) is 0 Å². The summed E-state index contributed by atoms with van der Waals surface area (Å²) in [5.74, 6) is 1.67. The van der Waals surface area contributed by atoms with Crippen LogP contribution < -0.4 is 10.6 Å². The van der Waals surface area contributed by atoms with Gasteiger partial charge in [-0.05, 0) is 0 Å². The summed E-state index contributed by atoms with van der Waals surface area (Å²) in [5.41, 5.74) is -0.142. The van der Waals surface area contributed by atoms with Crippen LogP contribution in [0.3, 0.4) is 0 Å². The van der Waals surface area contributed by atoms with Gasteiger partial charge in [0.05, 0.1) is 0 Å². The maximum atomic E-state index is 5.52. The molecule has 0 aromatic rings. The van der Waals surface area contributed by atoms with E-state index in [1.54, 1.807) is 5.97 Å². The molecule has 0 aromatic carbocycles. The third-order valence-corrected chi connectivity index (χ3v) is 1.82. The van der Waals surface area contributed by atoms with Crippen molar-refractivity contribution in [2.75, 3.05) is 20.6 Å². The Labute approximate surface area is 70.1 Å². The van der Waals surface area contributed by atoms with Gasteiger partial charge in [-0.15, -0.1) is 0 Å². The second kappa shape index (κ2) is 5.27. The summed E-state index contributed by atoms with van der Waals surface area (Å²) in [4.78, 5) is 0. The fraction of sp³-hybridized carbons (Fsp3) is 0.625. The fourth-order valence-corrected chi connectivity index (χ4v) is 1.05. The van der Waals surface area contributed by atoms with Gasteiger partial charge in [-0.1, -0.05) is 0 Å². The Hall–Kier alpha value is -0.405. The van der Waals surface area contributed by atoms with Crippen molar-refractivity contribution in [3.05, 3.63) is 12.7 Å². The molecule has 1 atom stereocenters. The molecule has 1 unspecified atom stereocenters. The van der Waals surface area contributed by atoms with Crippen molar-refractivity contribution in [1.82, 2.24) is 10.6 Å². The van der Waals surface area contributed by atoms with E-state index in [1.807, 2.05) is 20.2 Å². The number of likely N-dealkylation sites (N-methyl/N-ethyl adjacent to an activating group) is 2. The van der Waals surface area contributed by atoms with Crippen LogP contribution in [0.15, 0.2) is 12.7 Å². The van der Waals surface area contributed by atoms with Crippen molar-refractivity contribution in [2.24, 2.45) is 0 Å². The van der Waals surface area contributed by atoms with Crippen LogP contribution in [0.25, 0.3) is 0 Å². The minimum absolute atomic E-state index is 0.142. The Balaban J connectivity index is 4.18. The summed E-state index contributed by atoms with van der Waals surface area (Å²) in [7, 11) is 9.31. The van der Waals surface area contributed by atoms with E-state index in [1.165, 1.54) is 0 Å². The van der Waals surface area contributed by atoms with Crippen LogP contribution in [-0.2, 0) is 0 Å². The summed E-state index contributed by atoms with van der Waals surface area (Å²) >= 11 is 0. The molecular weight excluding hydrogens is 135 g/mol. The van der Waals surface area contributed by atoms with Crippen molar-refractivity contribution < 1.29 is 0 Å². The molecule has 0 heterocycles. The van der Waals surface area contributed by atoms with E-state index in [2.05, 4.69) is 17.2 Å². The van der Waals surface area contributed by atoms with Gasteiger partial charge in [0, 0.05) is 0 Å². The predicted molar refractivity (Wildman–Crippen MR) is 52.3 cm³/mol. The molecule has 0 spiro atoms. The summed E-state index contributed by atoms with van der Waals surface area (Å²) < 4.78 is 0. The average Bonchev–Trinajstić information content (AvgIpc) is 2.04. The average molecular weight is 151 g/mol. The molecule has 0 saturated carbocycles. The van der Waals surface area contributed by atoms with Gasteiger partial charge in [-0.2, -0.15) is 0 Å². The van der Waals surface area contributed by atoms with E-state index in [0.717, 1.165) is 13.0 Å². The third-order valence-electron chi connectivity index (χ3n) is 1.82. The standard InChI is InChI=1S/C8H16BN2/c1-4-5-8(6-9,11-3)7-10-2/h4,6,10-11H,1,5,7H2,2-3H3. The second-order valence-electron chi connectivity index (χ2n) is 2.60. The number of rotatable bonds is 6. The Kier molecular flexibility index (Phi) is 5.08. The van der Waals surface area contributed by atoms with Gasteiger partial charge in [0.25, 0.3) is 0 Å². The zero-order valence-corrected chi connectivity index (χ0v) is 7.35. The second-order valence-corrected chi connectivity index (χ2v) is 2.60.